The molecule has 0 spiro atoms. The van der Waals surface area contributed by atoms with Gasteiger partial charge >= 0.3 is 0 Å². The molecule has 4 aromatic rings. The standard InChI is InChI=1S/C20H12F2N4O3S2/c1-11(27)25(17-5-2-12(21)8-15(17)22)20-23-13(10-30-20)3-7-19-24-16-9-14(26(28)29)4-6-18(16)31-19/h2-10H,1H3. The number of fused-ring (bicyclic) bond motifs is 1. The number of nitro groups is 1. The summed E-state index contributed by atoms with van der Waals surface area (Å²) in [6.45, 7) is 1.26. The number of hydrogen-bond donors (Lipinski definition) is 0. The fourth-order valence-electron chi connectivity index (χ4n) is 2.80. The van der Waals surface area contributed by atoms with Crippen LogP contribution in [0.3, 0.4) is 0 Å². The number of amides is 1. The molecule has 2 aromatic heterocycles. The van der Waals surface area contributed by atoms with E-state index in [0.29, 0.717) is 22.3 Å². The van der Waals surface area contributed by atoms with Crippen LogP contribution in [0, 0.1) is 21.7 Å². The van der Waals surface area contributed by atoms with Crippen molar-refractivity contribution in [1.82, 2.24) is 9.97 Å². The first-order valence-electron chi connectivity index (χ1n) is 8.76. The second kappa shape index (κ2) is 8.28. The number of nitro benzene ring substituents is 1. The summed E-state index contributed by atoms with van der Waals surface area (Å²) in [5, 5.41) is 13.4. The molecule has 2 aromatic carbocycles. The third kappa shape index (κ3) is 4.32. The van der Waals surface area contributed by atoms with Gasteiger partial charge in [0.05, 0.1) is 26.5 Å². The zero-order chi connectivity index (χ0) is 22.1. The van der Waals surface area contributed by atoms with Gasteiger partial charge in [-0.05, 0) is 30.4 Å². The number of carbonyl (C=O) groups is 1. The Balaban J connectivity index is 1.60. The van der Waals surface area contributed by atoms with Crippen LogP contribution in [-0.4, -0.2) is 20.8 Å². The van der Waals surface area contributed by atoms with E-state index in [1.807, 2.05) is 0 Å². The first-order valence-corrected chi connectivity index (χ1v) is 10.5. The SMILES string of the molecule is CC(=O)N(c1nc(C=Cc2nc3cc([N+](=O)[O-])ccc3s2)cs1)c1ccc(F)cc1F. The van der Waals surface area contributed by atoms with Gasteiger partial charge in [0.2, 0.25) is 5.91 Å². The first kappa shape index (κ1) is 20.7. The molecule has 11 heteroatoms. The predicted molar refractivity (Wildman–Crippen MR) is 116 cm³/mol. The molecule has 4 rings (SSSR count). The molecule has 0 saturated carbocycles. The van der Waals surface area contributed by atoms with Crippen LogP contribution in [0.5, 0.6) is 0 Å². The van der Waals surface area contributed by atoms with Crippen LogP contribution in [0.25, 0.3) is 22.4 Å². The van der Waals surface area contributed by atoms with E-state index in [1.54, 1.807) is 23.6 Å². The molecule has 0 aliphatic carbocycles. The Morgan fingerprint density at radius 3 is 2.68 bits per heavy atom. The number of benzene rings is 2. The summed E-state index contributed by atoms with van der Waals surface area (Å²) in [4.78, 5) is 32.3. The molecule has 0 saturated heterocycles. The van der Waals surface area contributed by atoms with Crippen molar-refractivity contribution in [3.05, 3.63) is 74.2 Å². The number of non-ortho nitro benzene ring substituents is 1. The minimum atomic E-state index is -0.869. The molecular formula is C20H12F2N4O3S2. The van der Waals surface area contributed by atoms with Gasteiger partial charge in [-0.15, -0.1) is 22.7 Å². The van der Waals surface area contributed by atoms with Gasteiger partial charge in [-0.1, -0.05) is 0 Å². The number of halogens is 2. The molecule has 2 heterocycles. The van der Waals surface area contributed by atoms with Crippen LogP contribution in [-0.2, 0) is 4.79 Å². The van der Waals surface area contributed by atoms with Crippen LogP contribution in [0.1, 0.15) is 17.6 Å². The van der Waals surface area contributed by atoms with E-state index in [-0.39, 0.29) is 16.5 Å². The monoisotopic (exact) mass is 458 g/mol. The van der Waals surface area contributed by atoms with Crippen LogP contribution < -0.4 is 4.90 Å². The lowest BCUT2D eigenvalue weighted by molar-refractivity contribution is -0.384. The zero-order valence-electron chi connectivity index (χ0n) is 15.8. The molecule has 1 amide bonds. The van der Waals surface area contributed by atoms with Crippen molar-refractivity contribution in [2.75, 3.05) is 4.90 Å². The number of rotatable bonds is 5. The van der Waals surface area contributed by atoms with Crippen molar-refractivity contribution in [3.8, 4) is 0 Å². The highest BCUT2D eigenvalue weighted by atomic mass is 32.1. The maximum Gasteiger partial charge on any atom is 0.271 e. The fraction of sp³-hybridized carbons (Fsp3) is 0.0500. The van der Waals surface area contributed by atoms with Gasteiger partial charge in [-0.3, -0.25) is 19.8 Å². The zero-order valence-corrected chi connectivity index (χ0v) is 17.4. The average molecular weight is 458 g/mol. The maximum atomic E-state index is 14.2. The summed E-state index contributed by atoms with van der Waals surface area (Å²) in [6, 6.07) is 7.43. The van der Waals surface area contributed by atoms with Gasteiger partial charge in [-0.2, -0.15) is 0 Å². The first-order chi connectivity index (χ1) is 14.8. The van der Waals surface area contributed by atoms with Crippen molar-refractivity contribution >= 4 is 67.5 Å². The summed E-state index contributed by atoms with van der Waals surface area (Å²) in [6.07, 6.45) is 3.37. The minimum absolute atomic E-state index is 0.0326. The largest absolute Gasteiger partial charge is 0.274 e. The Hall–Kier alpha value is -3.57. The van der Waals surface area contributed by atoms with Crippen molar-refractivity contribution < 1.29 is 18.5 Å². The topological polar surface area (TPSA) is 89.2 Å². The van der Waals surface area contributed by atoms with E-state index in [9.17, 15) is 23.7 Å². The number of nitrogens with zero attached hydrogens (tertiary/aromatic N) is 4. The molecule has 0 unspecified atom stereocenters. The Morgan fingerprint density at radius 2 is 1.97 bits per heavy atom. The van der Waals surface area contributed by atoms with Gasteiger partial charge in [0, 0.05) is 30.5 Å². The normalized spacial score (nSPS) is 11.3. The van der Waals surface area contributed by atoms with Crippen molar-refractivity contribution in [1.29, 1.82) is 0 Å². The molecule has 0 aliphatic rings. The summed E-state index contributed by atoms with van der Waals surface area (Å²) in [5.74, 6) is -2.08. The van der Waals surface area contributed by atoms with E-state index >= 15 is 0 Å². The van der Waals surface area contributed by atoms with Crippen LogP contribution in [0.15, 0.2) is 41.8 Å². The van der Waals surface area contributed by atoms with Crippen molar-refractivity contribution in [2.45, 2.75) is 6.92 Å². The highest BCUT2D eigenvalue weighted by Crippen LogP contribution is 2.32. The molecule has 0 fully saturated rings. The van der Waals surface area contributed by atoms with Crippen molar-refractivity contribution in [3.63, 3.8) is 0 Å². The Labute approximate surface area is 182 Å². The van der Waals surface area contributed by atoms with E-state index in [4.69, 9.17) is 0 Å². The Kier molecular flexibility index (Phi) is 5.53. The second-order valence-electron chi connectivity index (χ2n) is 6.30. The number of thiazole rings is 2. The summed E-state index contributed by atoms with van der Waals surface area (Å²) >= 11 is 2.49. The Morgan fingerprint density at radius 1 is 1.16 bits per heavy atom. The molecule has 156 valence electrons. The number of anilines is 2. The van der Waals surface area contributed by atoms with Gasteiger partial charge in [0.25, 0.3) is 5.69 Å². The highest BCUT2D eigenvalue weighted by molar-refractivity contribution is 7.19. The molecule has 0 atom stereocenters. The Bertz CT molecular complexity index is 1350. The number of carbonyl (C=O) groups excluding carboxylic acids is 1. The lowest BCUT2D eigenvalue weighted by atomic mass is 10.2. The molecule has 7 nitrogen and oxygen atoms in total. The lowest BCUT2D eigenvalue weighted by Crippen LogP contribution is -2.23. The molecule has 31 heavy (non-hydrogen) atoms. The lowest BCUT2D eigenvalue weighted by Gasteiger charge is -2.18. The van der Waals surface area contributed by atoms with Gasteiger partial charge < -0.3 is 0 Å². The van der Waals surface area contributed by atoms with E-state index in [2.05, 4.69) is 9.97 Å². The molecule has 0 radical (unpaired) electrons. The van der Waals surface area contributed by atoms with E-state index in [0.717, 1.165) is 27.0 Å². The molecule has 0 bridgehead atoms. The average Bonchev–Trinajstić information content (AvgIpc) is 3.34. The fourth-order valence-corrected chi connectivity index (χ4v) is 4.50. The smallest absolute Gasteiger partial charge is 0.271 e. The maximum absolute atomic E-state index is 14.2. The molecule has 0 N–H and O–H groups in total. The summed E-state index contributed by atoms with van der Waals surface area (Å²) in [7, 11) is 0. The van der Waals surface area contributed by atoms with Gasteiger partial charge in [-0.25, -0.2) is 18.7 Å². The minimum Gasteiger partial charge on any atom is -0.274 e. The highest BCUT2D eigenvalue weighted by Gasteiger charge is 2.21. The summed E-state index contributed by atoms with van der Waals surface area (Å²) < 4.78 is 28.2. The third-order valence-corrected chi connectivity index (χ3v) is 6.01. The van der Waals surface area contributed by atoms with Crippen LogP contribution in [0.4, 0.5) is 25.3 Å². The van der Waals surface area contributed by atoms with Gasteiger partial charge in [0.15, 0.2) is 5.13 Å². The quantitative estimate of drug-likeness (QED) is 0.279. The van der Waals surface area contributed by atoms with Crippen LogP contribution in [0.2, 0.25) is 0 Å². The third-order valence-electron chi connectivity index (χ3n) is 4.16. The second-order valence-corrected chi connectivity index (χ2v) is 8.20. The molecule has 0 aliphatic heterocycles. The predicted octanol–water partition coefficient (Wildman–Crippen LogP) is 5.79. The van der Waals surface area contributed by atoms with Gasteiger partial charge in [0.1, 0.15) is 16.6 Å². The van der Waals surface area contributed by atoms with Crippen LogP contribution >= 0.6 is 22.7 Å². The summed E-state index contributed by atoms with van der Waals surface area (Å²) in [5.41, 5.74) is 0.910. The number of aromatic nitrogens is 2. The molecular weight excluding hydrogens is 446 g/mol. The van der Waals surface area contributed by atoms with E-state index in [1.165, 1.54) is 36.5 Å². The van der Waals surface area contributed by atoms with Crippen molar-refractivity contribution in [2.24, 2.45) is 0 Å². The van der Waals surface area contributed by atoms with E-state index < -0.39 is 22.5 Å². The number of hydrogen-bond acceptors (Lipinski definition) is 7.